The zero-order valence-corrected chi connectivity index (χ0v) is 18.9. The number of aryl methyl sites for hydroxylation is 1. The maximum Gasteiger partial charge on any atom is 0.198 e. The van der Waals surface area contributed by atoms with E-state index in [-0.39, 0.29) is 17.1 Å². The van der Waals surface area contributed by atoms with Gasteiger partial charge in [0.05, 0.1) is 28.4 Å². The molecule has 33 heavy (non-hydrogen) atoms. The fourth-order valence-electron chi connectivity index (χ4n) is 4.91. The lowest BCUT2D eigenvalue weighted by molar-refractivity contribution is -0.116. The first-order valence-electron chi connectivity index (χ1n) is 11.0. The molecule has 164 valence electrons. The van der Waals surface area contributed by atoms with Gasteiger partial charge < -0.3 is 15.1 Å². The number of carbonyl (C=O) groups excluding carboxylic acids is 1. The first-order chi connectivity index (χ1) is 16.1. The number of fused-ring (bicyclic) bond motifs is 2. The van der Waals surface area contributed by atoms with Gasteiger partial charge in [-0.15, -0.1) is 11.3 Å². The van der Waals surface area contributed by atoms with Gasteiger partial charge >= 0.3 is 0 Å². The van der Waals surface area contributed by atoms with Crippen LogP contribution in [0.25, 0.3) is 11.0 Å². The standard InChI is InChI=1S/C27H22N2O3S/c1-15-8-9-23-17(11-15)27(31)18(14-32-23)26-25-21(28-19-5-2-3-6-20(19)29-26)12-16(13-22(25)30)24-7-4-10-33-24/h2-11,14,16,26,28-29H,12-13H2,1H3/t16-,26+/m0/s1. The molecule has 0 unspecified atom stereocenters. The fraction of sp³-hybridized carbons (Fsp3) is 0.185. The van der Waals surface area contributed by atoms with Crippen LogP contribution in [-0.2, 0) is 4.79 Å². The quantitative estimate of drug-likeness (QED) is 0.381. The molecular weight excluding hydrogens is 432 g/mol. The Morgan fingerprint density at radius 2 is 1.85 bits per heavy atom. The van der Waals surface area contributed by atoms with E-state index in [2.05, 4.69) is 16.7 Å². The Morgan fingerprint density at radius 1 is 1.00 bits per heavy atom. The topological polar surface area (TPSA) is 71.3 Å². The minimum Gasteiger partial charge on any atom is -0.464 e. The van der Waals surface area contributed by atoms with Crippen LogP contribution >= 0.6 is 11.3 Å². The van der Waals surface area contributed by atoms with Crippen molar-refractivity contribution >= 4 is 39.5 Å². The molecule has 0 fully saturated rings. The van der Waals surface area contributed by atoms with Crippen molar-refractivity contribution in [2.75, 3.05) is 10.6 Å². The van der Waals surface area contributed by atoms with Crippen molar-refractivity contribution in [3.05, 3.63) is 104 Å². The minimum atomic E-state index is -0.589. The summed E-state index contributed by atoms with van der Waals surface area (Å²) in [7, 11) is 0. The zero-order valence-electron chi connectivity index (χ0n) is 18.1. The number of para-hydroxylation sites is 2. The molecule has 6 rings (SSSR count). The van der Waals surface area contributed by atoms with Crippen molar-refractivity contribution in [1.29, 1.82) is 0 Å². The third kappa shape index (κ3) is 3.38. The van der Waals surface area contributed by atoms with Crippen molar-refractivity contribution in [1.82, 2.24) is 0 Å². The van der Waals surface area contributed by atoms with E-state index in [1.54, 1.807) is 11.3 Å². The number of hydrogen-bond donors (Lipinski definition) is 2. The van der Waals surface area contributed by atoms with E-state index >= 15 is 0 Å². The predicted octanol–water partition coefficient (Wildman–Crippen LogP) is 6.14. The van der Waals surface area contributed by atoms with Gasteiger partial charge in [-0.2, -0.15) is 0 Å². The van der Waals surface area contributed by atoms with E-state index in [9.17, 15) is 9.59 Å². The summed E-state index contributed by atoms with van der Waals surface area (Å²) in [5, 5.41) is 9.57. The second-order valence-corrected chi connectivity index (χ2v) is 9.68. The molecule has 1 aliphatic heterocycles. The van der Waals surface area contributed by atoms with Gasteiger partial charge in [-0.1, -0.05) is 29.8 Å². The summed E-state index contributed by atoms with van der Waals surface area (Å²) in [6, 6.07) is 17.0. The highest BCUT2D eigenvalue weighted by molar-refractivity contribution is 7.10. The van der Waals surface area contributed by atoms with Gasteiger partial charge in [0.25, 0.3) is 0 Å². The molecule has 2 atom stereocenters. The van der Waals surface area contributed by atoms with Crippen LogP contribution in [-0.4, -0.2) is 5.78 Å². The molecule has 0 saturated carbocycles. The Kier molecular flexibility index (Phi) is 4.69. The van der Waals surface area contributed by atoms with Crippen molar-refractivity contribution in [3.8, 4) is 0 Å². The van der Waals surface area contributed by atoms with Crippen LogP contribution in [0.1, 0.15) is 40.8 Å². The third-order valence-electron chi connectivity index (χ3n) is 6.52. The lowest BCUT2D eigenvalue weighted by atomic mass is 9.81. The molecule has 2 N–H and O–H groups in total. The number of hydrogen-bond acceptors (Lipinski definition) is 6. The van der Waals surface area contributed by atoms with E-state index in [1.807, 2.05) is 60.8 Å². The van der Waals surface area contributed by atoms with Crippen LogP contribution in [0, 0.1) is 6.92 Å². The highest BCUT2D eigenvalue weighted by Gasteiger charge is 2.37. The molecule has 0 amide bonds. The minimum absolute atomic E-state index is 0.0520. The highest BCUT2D eigenvalue weighted by atomic mass is 32.1. The number of rotatable bonds is 2. The molecule has 2 aromatic carbocycles. The van der Waals surface area contributed by atoms with Gasteiger partial charge in [-0.3, -0.25) is 9.59 Å². The SMILES string of the molecule is Cc1ccc2occ([C@H]3Nc4ccccc4NC4=C3C(=O)C[C@@H](c3cccs3)C4)c(=O)c2c1. The first-order valence-corrected chi connectivity index (χ1v) is 11.9. The van der Waals surface area contributed by atoms with E-state index in [0.717, 1.165) is 22.6 Å². The van der Waals surface area contributed by atoms with Gasteiger partial charge in [0.1, 0.15) is 11.8 Å². The number of carbonyl (C=O) groups is 1. The summed E-state index contributed by atoms with van der Waals surface area (Å²) in [5.41, 5.74) is 5.10. The van der Waals surface area contributed by atoms with Crippen LogP contribution < -0.4 is 16.1 Å². The van der Waals surface area contributed by atoms with Crippen molar-refractivity contribution in [2.45, 2.75) is 31.7 Å². The van der Waals surface area contributed by atoms with Gasteiger partial charge in [-0.25, -0.2) is 0 Å². The Hall–Kier alpha value is -3.64. The average molecular weight is 455 g/mol. The summed E-state index contributed by atoms with van der Waals surface area (Å²) in [6.45, 7) is 1.95. The summed E-state index contributed by atoms with van der Waals surface area (Å²) < 4.78 is 5.86. The smallest absolute Gasteiger partial charge is 0.198 e. The Bertz CT molecular complexity index is 1480. The van der Waals surface area contributed by atoms with Crippen LogP contribution in [0.15, 0.2) is 86.7 Å². The molecule has 3 heterocycles. The monoisotopic (exact) mass is 454 g/mol. The van der Waals surface area contributed by atoms with E-state index in [4.69, 9.17) is 4.42 Å². The largest absolute Gasteiger partial charge is 0.464 e. The summed E-state index contributed by atoms with van der Waals surface area (Å²) in [5.74, 6) is 0.182. The van der Waals surface area contributed by atoms with Gasteiger partial charge in [0.2, 0.25) is 0 Å². The second-order valence-electron chi connectivity index (χ2n) is 8.70. The van der Waals surface area contributed by atoms with Crippen LogP contribution in [0.3, 0.4) is 0 Å². The second kappa shape index (κ2) is 7.74. The lowest BCUT2D eigenvalue weighted by Gasteiger charge is -2.28. The number of nitrogens with one attached hydrogen (secondary N) is 2. The summed E-state index contributed by atoms with van der Waals surface area (Å²) in [4.78, 5) is 28.4. The molecule has 4 aromatic rings. The molecule has 6 heteroatoms. The van der Waals surface area contributed by atoms with E-state index < -0.39 is 6.04 Å². The van der Waals surface area contributed by atoms with Crippen molar-refractivity contribution in [3.63, 3.8) is 0 Å². The van der Waals surface area contributed by atoms with Crippen molar-refractivity contribution in [2.24, 2.45) is 0 Å². The highest BCUT2D eigenvalue weighted by Crippen LogP contribution is 2.44. The molecule has 0 saturated heterocycles. The number of allylic oxidation sites excluding steroid dienone is 1. The molecule has 2 aromatic heterocycles. The lowest BCUT2D eigenvalue weighted by Crippen LogP contribution is -2.29. The first kappa shape index (κ1) is 20.0. The molecular formula is C27H22N2O3S. The van der Waals surface area contributed by atoms with Crippen LogP contribution in [0.2, 0.25) is 0 Å². The van der Waals surface area contributed by atoms with Crippen molar-refractivity contribution < 1.29 is 9.21 Å². The maximum atomic E-state index is 13.6. The van der Waals surface area contributed by atoms with Crippen LogP contribution in [0.5, 0.6) is 0 Å². The summed E-state index contributed by atoms with van der Waals surface area (Å²) >= 11 is 1.68. The Balaban J connectivity index is 1.54. The summed E-state index contributed by atoms with van der Waals surface area (Å²) in [6.07, 6.45) is 2.65. The fourth-order valence-corrected chi connectivity index (χ4v) is 5.74. The number of Topliss-reactive ketones (excluding diaryl/α,β-unsaturated/α-hetero) is 1. The third-order valence-corrected chi connectivity index (χ3v) is 7.56. The van der Waals surface area contributed by atoms with Crippen LogP contribution in [0.4, 0.5) is 11.4 Å². The van der Waals surface area contributed by atoms with Gasteiger partial charge in [-0.05, 0) is 49.1 Å². The zero-order chi connectivity index (χ0) is 22.5. The maximum absolute atomic E-state index is 13.6. The number of thiophene rings is 1. The average Bonchev–Trinajstić information content (AvgIpc) is 3.29. The number of ketones is 1. The molecule has 1 aliphatic carbocycles. The predicted molar refractivity (Wildman–Crippen MR) is 132 cm³/mol. The van der Waals surface area contributed by atoms with Gasteiger partial charge in [0.15, 0.2) is 11.2 Å². The normalized spacial score (nSPS) is 20.0. The van der Waals surface area contributed by atoms with E-state index in [0.29, 0.717) is 34.9 Å². The molecule has 5 nitrogen and oxygen atoms in total. The van der Waals surface area contributed by atoms with E-state index in [1.165, 1.54) is 11.1 Å². The Morgan fingerprint density at radius 3 is 2.67 bits per heavy atom. The Labute approximate surface area is 194 Å². The molecule has 0 bridgehead atoms. The molecule has 2 aliphatic rings. The molecule has 0 spiro atoms. The number of benzene rings is 2. The van der Waals surface area contributed by atoms with Gasteiger partial charge in [0, 0.05) is 28.5 Å². The number of anilines is 2. The molecule has 0 radical (unpaired) electrons.